The van der Waals surface area contributed by atoms with Gasteiger partial charge in [0.25, 0.3) is 5.91 Å². The van der Waals surface area contributed by atoms with Gasteiger partial charge in [0.1, 0.15) is 16.0 Å². The van der Waals surface area contributed by atoms with Gasteiger partial charge in [-0.05, 0) is 60.1 Å². The number of pyridine rings is 1. The van der Waals surface area contributed by atoms with Crippen LogP contribution in [0.5, 0.6) is 5.75 Å². The van der Waals surface area contributed by atoms with Gasteiger partial charge in [0.2, 0.25) is 0 Å². The molecule has 0 saturated heterocycles. The van der Waals surface area contributed by atoms with Gasteiger partial charge >= 0.3 is 0 Å². The van der Waals surface area contributed by atoms with Crippen molar-refractivity contribution in [1.29, 1.82) is 0 Å². The average Bonchev–Trinajstić information content (AvgIpc) is 2.41. The predicted octanol–water partition coefficient (Wildman–Crippen LogP) is 4.54. The highest BCUT2D eigenvalue weighted by Crippen LogP contribution is 2.28. The van der Waals surface area contributed by atoms with Gasteiger partial charge in [0, 0.05) is 5.69 Å². The van der Waals surface area contributed by atoms with E-state index in [0.717, 1.165) is 0 Å². The van der Waals surface area contributed by atoms with Crippen molar-refractivity contribution in [2.45, 2.75) is 20.0 Å². The molecule has 2 aromatic rings. The molecule has 2 rings (SSSR count). The molecule has 0 aliphatic carbocycles. The number of carbonyl (C=O) groups is 1. The number of hydrogen-bond acceptors (Lipinski definition) is 3. The summed E-state index contributed by atoms with van der Waals surface area (Å²) < 4.78 is 6.15. The number of halogens is 2. The first-order valence-electron chi connectivity index (χ1n) is 6.36. The Morgan fingerprint density at radius 3 is 2.71 bits per heavy atom. The fourth-order valence-electron chi connectivity index (χ4n) is 1.66. The third-order valence-electron chi connectivity index (χ3n) is 2.50. The summed E-state index contributed by atoms with van der Waals surface area (Å²) in [7, 11) is 0. The molecule has 110 valence electrons. The summed E-state index contributed by atoms with van der Waals surface area (Å²) in [6.45, 7) is 3.84. The highest BCUT2D eigenvalue weighted by Gasteiger charge is 2.10. The topological polar surface area (TPSA) is 51.2 Å². The highest BCUT2D eigenvalue weighted by atomic mass is 79.9. The molecule has 0 radical (unpaired) electrons. The Bertz CT molecular complexity index is 662. The smallest absolute Gasteiger partial charge is 0.274 e. The molecule has 0 aliphatic rings. The van der Waals surface area contributed by atoms with E-state index in [1.807, 2.05) is 13.8 Å². The zero-order valence-electron chi connectivity index (χ0n) is 11.6. The number of nitrogens with one attached hydrogen (secondary N) is 1. The van der Waals surface area contributed by atoms with Crippen molar-refractivity contribution in [3.63, 3.8) is 0 Å². The minimum Gasteiger partial charge on any atom is -0.489 e. The van der Waals surface area contributed by atoms with E-state index >= 15 is 0 Å². The molecule has 0 aliphatic heterocycles. The van der Waals surface area contributed by atoms with Crippen molar-refractivity contribution in [2.24, 2.45) is 0 Å². The van der Waals surface area contributed by atoms with Gasteiger partial charge in [-0.25, -0.2) is 4.98 Å². The lowest BCUT2D eigenvalue weighted by Crippen LogP contribution is -2.13. The molecular weight excluding hydrogens is 356 g/mol. The highest BCUT2D eigenvalue weighted by molar-refractivity contribution is 9.10. The third-order valence-corrected chi connectivity index (χ3v) is 3.24. The molecule has 0 fully saturated rings. The predicted molar refractivity (Wildman–Crippen MR) is 87.1 cm³/mol. The number of rotatable bonds is 4. The maximum absolute atomic E-state index is 12.1. The van der Waals surface area contributed by atoms with E-state index in [2.05, 4.69) is 26.2 Å². The molecule has 1 aromatic carbocycles. The van der Waals surface area contributed by atoms with Crippen LogP contribution in [0.4, 0.5) is 5.69 Å². The van der Waals surface area contributed by atoms with E-state index in [1.165, 1.54) is 0 Å². The number of anilines is 1. The second kappa shape index (κ2) is 6.91. The van der Waals surface area contributed by atoms with Crippen molar-refractivity contribution in [1.82, 2.24) is 4.98 Å². The standard InChI is InChI=1S/C15H14BrClN2O2/c1-9(2)21-13-7-6-10(8-11(13)17)18-15(20)12-4-3-5-14(16)19-12/h3-9H,1-2H3,(H,18,20). The lowest BCUT2D eigenvalue weighted by Gasteiger charge is -2.12. The van der Waals surface area contributed by atoms with Gasteiger partial charge in [-0.1, -0.05) is 17.7 Å². The van der Waals surface area contributed by atoms with E-state index in [0.29, 0.717) is 26.8 Å². The average molecular weight is 370 g/mol. The fourth-order valence-corrected chi connectivity index (χ4v) is 2.23. The van der Waals surface area contributed by atoms with E-state index in [1.54, 1.807) is 36.4 Å². The zero-order valence-corrected chi connectivity index (χ0v) is 13.9. The quantitative estimate of drug-likeness (QED) is 0.805. The first-order valence-corrected chi connectivity index (χ1v) is 7.53. The maximum Gasteiger partial charge on any atom is 0.274 e. The lowest BCUT2D eigenvalue weighted by atomic mass is 10.2. The van der Waals surface area contributed by atoms with Crippen LogP contribution in [0.1, 0.15) is 24.3 Å². The van der Waals surface area contributed by atoms with E-state index in [-0.39, 0.29) is 12.0 Å². The van der Waals surface area contributed by atoms with Crippen LogP contribution in [0.15, 0.2) is 41.0 Å². The van der Waals surface area contributed by atoms with Crippen LogP contribution in [0, 0.1) is 0 Å². The Labute approximate surface area is 136 Å². The van der Waals surface area contributed by atoms with Gasteiger partial charge in [0.05, 0.1) is 11.1 Å². The molecule has 0 saturated carbocycles. The van der Waals surface area contributed by atoms with E-state index in [4.69, 9.17) is 16.3 Å². The van der Waals surface area contributed by atoms with Crippen molar-refractivity contribution in [2.75, 3.05) is 5.32 Å². The number of ether oxygens (including phenoxy) is 1. The van der Waals surface area contributed by atoms with Crippen LogP contribution in [0.3, 0.4) is 0 Å². The molecule has 0 spiro atoms. The number of hydrogen-bond donors (Lipinski definition) is 1. The number of carbonyl (C=O) groups excluding carboxylic acids is 1. The molecule has 1 amide bonds. The van der Waals surface area contributed by atoms with Gasteiger partial charge in [-0.2, -0.15) is 0 Å². The van der Waals surface area contributed by atoms with Gasteiger partial charge < -0.3 is 10.1 Å². The Hall–Kier alpha value is -1.59. The number of nitrogens with zero attached hydrogens (tertiary/aromatic N) is 1. The van der Waals surface area contributed by atoms with Gasteiger partial charge in [-0.15, -0.1) is 0 Å². The first-order chi connectivity index (χ1) is 9.95. The monoisotopic (exact) mass is 368 g/mol. The van der Waals surface area contributed by atoms with Crippen LogP contribution in [0.25, 0.3) is 0 Å². The number of benzene rings is 1. The molecular formula is C15H14BrClN2O2. The van der Waals surface area contributed by atoms with Crippen molar-refractivity contribution < 1.29 is 9.53 Å². The summed E-state index contributed by atoms with van der Waals surface area (Å²) in [5.74, 6) is 0.287. The van der Waals surface area contributed by atoms with Crippen LogP contribution in [-0.2, 0) is 0 Å². The molecule has 4 nitrogen and oxygen atoms in total. The lowest BCUT2D eigenvalue weighted by molar-refractivity contribution is 0.102. The Kier molecular flexibility index (Phi) is 5.20. The van der Waals surface area contributed by atoms with E-state index in [9.17, 15) is 4.79 Å². The molecule has 21 heavy (non-hydrogen) atoms. The van der Waals surface area contributed by atoms with Crippen LogP contribution < -0.4 is 10.1 Å². The SMILES string of the molecule is CC(C)Oc1ccc(NC(=O)c2cccc(Br)n2)cc1Cl. The van der Waals surface area contributed by atoms with Crippen molar-refractivity contribution >= 4 is 39.1 Å². The Morgan fingerprint density at radius 2 is 2.10 bits per heavy atom. The fraction of sp³-hybridized carbons (Fsp3) is 0.200. The second-order valence-electron chi connectivity index (χ2n) is 4.61. The van der Waals surface area contributed by atoms with Crippen LogP contribution >= 0.6 is 27.5 Å². The van der Waals surface area contributed by atoms with E-state index < -0.39 is 0 Å². The normalized spacial score (nSPS) is 10.5. The zero-order chi connectivity index (χ0) is 15.4. The second-order valence-corrected chi connectivity index (χ2v) is 5.83. The summed E-state index contributed by atoms with van der Waals surface area (Å²) in [5, 5.41) is 3.19. The maximum atomic E-state index is 12.1. The first kappa shape index (κ1) is 15.8. The third kappa shape index (κ3) is 4.44. The van der Waals surface area contributed by atoms with Crippen LogP contribution in [-0.4, -0.2) is 17.0 Å². The van der Waals surface area contributed by atoms with Gasteiger partial charge in [-0.3, -0.25) is 4.79 Å². The minimum atomic E-state index is -0.301. The molecule has 0 unspecified atom stereocenters. The Balaban J connectivity index is 2.13. The minimum absolute atomic E-state index is 0.0359. The number of aromatic nitrogens is 1. The van der Waals surface area contributed by atoms with Crippen molar-refractivity contribution in [3.05, 3.63) is 51.7 Å². The molecule has 1 heterocycles. The summed E-state index contributed by atoms with van der Waals surface area (Å²) in [5.41, 5.74) is 0.908. The summed E-state index contributed by atoms with van der Waals surface area (Å²) in [6.07, 6.45) is 0.0359. The molecule has 6 heteroatoms. The molecule has 1 N–H and O–H groups in total. The number of amides is 1. The molecule has 1 aromatic heterocycles. The summed E-state index contributed by atoms with van der Waals surface area (Å²) in [6, 6.07) is 10.3. The largest absolute Gasteiger partial charge is 0.489 e. The summed E-state index contributed by atoms with van der Waals surface area (Å²) in [4.78, 5) is 16.2. The Morgan fingerprint density at radius 1 is 1.33 bits per heavy atom. The molecule has 0 atom stereocenters. The van der Waals surface area contributed by atoms with Crippen molar-refractivity contribution in [3.8, 4) is 5.75 Å². The molecule has 0 bridgehead atoms. The summed E-state index contributed by atoms with van der Waals surface area (Å²) >= 11 is 9.36. The van der Waals surface area contributed by atoms with Gasteiger partial charge in [0.15, 0.2) is 0 Å². The van der Waals surface area contributed by atoms with Crippen LogP contribution in [0.2, 0.25) is 5.02 Å².